The van der Waals surface area contributed by atoms with E-state index in [1.54, 1.807) is 18.2 Å². The van der Waals surface area contributed by atoms with Crippen LogP contribution in [0.5, 0.6) is 5.88 Å². The smallest absolute Gasteiger partial charge is 0.254 e. The van der Waals surface area contributed by atoms with Gasteiger partial charge in [-0.2, -0.15) is 0 Å². The molecule has 0 spiro atoms. The number of aromatic nitrogens is 2. The van der Waals surface area contributed by atoms with E-state index in [1.165, 1.54) is 25.4 Å². The van der Waals surface area contributed by atoms with Gasteiger partial charge in [-0.05, 0) is 55.9 Å². The highest BCUT2D eigenvalue weighted by Crippen LogP contribution is 2.46. The Balaban J connectivity index is 1.11. The molecule has 1 N–H and O–H groups in total. The van der Waals surface area contributed by atoms with Crippen LogP contribution in [0.1, 0.15) is 37.7 Å². The Labute approximate surface area is 212 Å². The highest BCUT2D eigenvalue weighted by molar-refractivity contribution is 5.86. The van der Waals surface area contributed by atoms with Gasteiger partial charge in [-0.15, -0.1) is 0 Å². The summed E-state index contributed by atoms with van der Waals surface area (Å²) >= 11 is 0. The second kappa shape index (κ2) is 9.22. The average molecular weight is 507 g/mol. The van der Waals surface area contributed by atoms with E-state index in [0.717, 1.165) is 30.9 Å². The molecule has 1 amide bonds. The Morgan fingerprint density at radius 2 is 2.00 bits per heavy atom. The van der Waals surface area contributed by atoms with E-state index in [0.29, 0.717) is 53.8 Å². The molecule has 192 valence electrons. The van der Waals surface area contributed by atoms with Gasteiger partial charge < -0.3 is 14.8 Å². The summed E-state index contributed by atoms with van der Waals surface area (Å²) in [6, 6.07) is 7.84. The van der Waals surface area contributed by atoms with Crippen LogP contribution < -0.4 is 20.6 Å². The zero-order valence-electron chi connectivity index (χ0n) is 20.6. The monoisotopic (exact) mass is 506 g/mol. The Morgan fingerprint density at radius 1 is 1.16 bits per heavy atom. The molecule has 1 aromatic carbocycles. The number of carbonyl (C=O) groups is 1. The number of ether oxygens (including phenoxy) is 2. The molecular weight excluding hydrogens is 478 g/mol. The van der Waals surface area contributed by atoms with E-state index in [9.17, 15) is 13.6 Å². The van der Waals surface area contributed by atoms with Gasteiger partial charge in [0.15, 0.2) is 0 Å². The second-order valence-corrected chi connectivity index (χ2v) is 10.4. The van der Waals surface area contributed by atoms with Crippen molar-refractivity contribution in [2.45, 2.75) is 49.7 Å². The topological polar surface area (TPSA) is 85.7 Å². The predicted molar refractivity (Wildman–Crippen MR) is 132 cm³/mol. The summed E-state index contributed by atoms with van der Waals surface area (Å²) in [6.45, 7) is 0.996. The maximum Gasteiger partial charge on any atom is 0.254 e. The summed E-state index contributed by atoms with van der Waals surface area (Å²) < 4.78 is 39.9. The number of carbonyl (C=O) groups excluding carboxylic acids is 1. The van der Waals surface area contributed by atoms with Gasteiger partial charge in [0.2, 0.25) is 5.88 Å². The second-order valence-electron chi connectivity index (χ2n) is 10.4. The third-order valence-corrected chi connectivity index (χ3v) is 8.17. The molecule has 1 aliphatic carbocycles. The zero-order valence-corrected chi connectivity index (χ0v) is 20.6. The van der Waals surface area contributed by atoms with Crippen LogP contribution in [0.25, 0.3) is 17.1 Å². The molecule has 1 saturated carbocycles. The molecule has 1 atom stereocenters. The van der Waals surface area contributed by atoms with Crippen molar-refractivity contribution in [1.82, 2.24) is 15.3 Å². The van der Waals surface area contributed by atoms with E-state index in [4.69, 9.17) is 9.47 Å². The van der Waals surface area contributed by atoms with Crippen molar-refractivity contribution in [3.8, 4) is 5.88 Å². The molecule has 3 aromatic rings. The summed E-state index contributed by atoms with van der Waals surface area (Å²) in [5.74, 6) is -0.997. The lowest BCUT2D eigenvalue weighted by atomic mass is 9.69. The predicted octanol–water partition coefficient (Wildman–Crippen LogP) is 2.78. The van der Waals surface area contributed by atoms with Gasteiger partial charge >= 0.3 is 0 Å². The van der Waals surface area contributed by atoms with Crippen LogP contribution in [0.2, 0.25) is 0 Å². The lowest BCUT2D eigenvalue weighted by molar-refractivity contribution is -0.165. The molecule has 9 heteroatoms. The molecular formula is C28H28F2N4O3. The number of fused-ring (bicyclic) bond motifs is 5. The third-order valence-electron chi connectivity index (χ3n) is 8.17. The first-order valence-electron chi connectivity index (χ1n) is 12.6. The average Bonchev–Trinajstić information content (AvgIpc) is 2.92. The highest BCUT2D eigenvalue weighted by Gasteiger charge is 2.49. The van der Waals surface area contributed by atoms with E-state index in [2.05, 4.69) is 20.3 Å². The van der Waals surface area contributed by atoms with Crippen LogP contribution >= 0.6 is 0 Å². The molecule has 0 radical (unpaired) electrons. The van der Waals surface area contributed by atoms with Gasteiger partial charge in [0.05, 0.1) is 47.8 Å². The molecule has 2 bridgehead atoms. The number of amides is 1. The fourth-order valence-electron chi connectivity index (χ4n) is 5.81. The number of methoxy groups -OCH3 is 1. The molecule has 4 aliphatic rings. The summed E-state index contributed by atoms with van der Waals surface area (Å²) in [5.41, 5.74) is 1.22. The maximum absolute atomic E-state index is 14.8. The van der Waals surface area contributed by atoms with Crippen LogP contribution in [0, 0.1) is 17.6 Å². The number of hydrogen-bond acceptors (Lipinski definition) is 6. The SMILES string of the molecule is COc1ccc2ncc(F)c(CCC34CCC(NCC5C=c6ccc(F)cc6=NC5=O)(CC3)CO4)c2n1. The number of aryl methyl sites for hydroxylation is 1. The third kappa shape index (κ3) is 4.51. The Bertz CT molecular complexity index is 1480. The summed E-state index contributed by atoms with van der Waals surface area (Å²) in [5, 5.41) is 4.76. The van der Waals surface area contributed by atoms with Gasteiger partial charge in [-0.1, -0.05) is 12.1 Å². The molecule has 1 unspecified atom stereocenters. The first-order chi connectivity index (χ1) is 17.9. The number of halogens is 2. The molecule has 3 aliphatic heterocycles. The Morgan fingerprint density at radius 3 is 2.76 bits per heavy atom. The Kier molecular flexibility index (Phi) is 6.00. The van der Waals surface area contributed by atoms with Crippen molar-refractivity contribution < 1.29 is 23.0 Å². The van der Waals surface area contributed by atoms with Gasteiger partial charge in [-0.25, -0.2) is 18.8 Å². The van der Waals surface area contributed by atoms with Crippen LogP contribution in [0.3, 0.4) is 0 Å². The first-order valence-corrected chi connectivity index (χ1v) is 12.6. The van der Waals surface area contributed by atoms with Crippen LogP contribution in [-0.4, -0.2) is 47.3 Å². The lowest BCUT2D eigenvalue weighted by Crippen LogP contribution is -2.62. The fourth-order valence-corrected chi connectivity index (χ4v) is 5.81. The van der Waals surface area contributed by atoms with Gasteiger partial charge in [0.1, 0.15) is 11.6 Å². The van der Waals surface area contributed by atoms with Crippen molar-refractivity contribution in [1.29, 1.82) is 0 Å². The minimum atomic E-state index is -0.403. The largest absolute Gasteiger partial charge is 0.481 e. The number of pyridine rings is 2. The minimum absolute atomic E-state index is 0.192. The zero-order chi connectivity index (χ0) is 25.6. The van der Waals surface area contributed by atoms with E-state index < -0.39 is 11.7 Å². The summed E-state index contributed by atoms with van der Waals surface area (Å²) in [4.78, 5) is 25.2. The number of nitrogens with zero attached hydrogens (tertiary/aromatic N) is 3. The molecule has 7 rings (SSSR count). The molecule has 37 heavy (non-hydrogen) atoms. The van der Waals surface area contributed by atoms with E-state index in [1.807, 2.05) is 6.08 Å². The van der Waals surface area contributed by atoms with Crippen LogP contribution in [0.15, 0.2) is 41.5 Å². The summed E-state index contributed by atoms with van der Waals surface area (Å²) in [6.07, 6.45) is 7.86. The van der Waals surface area contributed by atoms with E-state index in [-0.39, 0.29) is 22.9 Å². The number of nitrogens with one attached hydrogen (secondary N) is 1. The van der Waals surface area contributed by atoms with Crippen LogP contribution in [-0.2, 0) is 16.0 Å². The van der Waals surface area contributed by atoms with Gasteiger partial charge in [0, 0.05) is 29.8 Å². The summed E-state index contributed by atoms with van der Waals surface area (Å²) in [7, 11) is 1.54. The van der Waals surface area contributed by atoms with E-state index >= 15 is 0 Å². The lowest BCUT2D eigenvalue weighted by Gasteiger charge is -2.54. The van der Waals surface area contributed by atoms with Gasteiger partial charge in [0.25, 0.3) is 5.91 Å². The standard InChI is InChI=1S/C28H28F2N4O3/c1-36-24-5-4-22-25(34-24)20(21(30)15-31-22)6-7-28-10-8-27(9-11-28,16-37-28)32-14-18-12-17-2-3-19(29)13-23(17)33-26(18)35/h2-5,12-13,15,18,32H,6-11,14,16H2,1H3. The quantitative estimate of drug-likeness (QED) is 0.531. The van der Waals surface area contributed by atoms with Crippen LogP contribution in [0.4, 0.5) is 8.78 Å². The molecule has 3 fully saturated rings. The fraction of sp³-hybridized carbons (Fsp3) is 0.429. The van der Waals surface area contributed by atoms with Crippen molar-refractivity contribution >= 4 is 23.0 Å². The minimum Gasteiger partial charge on any atom is -0.481 e. The first kappa shape index (κ1) is 24.1. The number of hydrogen-bond donors (Lipinski definition) is 1. The molecule has 7 nitrogen and oxygen atoms in total. The van der Waals surface area contributed by atoms with Crippen molar-refractivity contribution in [2.75, 3.05) is 20.3 Å². The van der Waals surface area contributed by atoms with Crippen molar-refractivity contribution in [2.24, 2.45) is 10.9 Å². The Hall–Kier alpha value is -3.30. The van der Waals surface area contributed by atoms with Gasteiger partial charge in [-0.3, -0.25) is 9.78 Å². The number of rotatable bonds is 7. The molecule has 5 heterocycles. The highest BCUT2D eigenvalue weighted by atomic mass is 19.1. The van der Waals surface area contributed by atoms with Crippen molar-refractivity contribution in [3.05, 3.63) is 64.3 Å². The normalized spacial score (nSPS) is 26.5. The number of benzene rings is 1. The molecule has 2 aromatic heterocycles. The molecule has 2 saturated heterocycles. The van der Waals surface area contributed by atoms with Crippen molar-refractivity contribution in [3.63, 3.8) is 0 Å². The maximum atomic E-state index is 14.8.